The molecule has 0 aromatic heterocycles. The van der Waals surface area contributed by atoms with E-state index in [9.17, 15) is 9.59 Å². The third kappa shape index (κ3) is 2.69. The number of carbonyl (C=O) groups excluding carboxylic acids is 2. The Balaban J connectivity index is 2.46. The SMILES string of the molecule is CCC1Nc2cc(Cl)c(Cl)cc2N(CC(=O)NC)C1=O. The van der Waals surface area contributed by atoms with Crippen LogP contribution in [-0.2, 0) is 9.59 Å². The van der Waals surface area contributed by atoms with Gasteiger partial charge in [0.15, 0.2) is 0 Å². The number of likely N-dealkylation sites (N-methyl/N-ethyl adjacent to an activating group) is 1. The molecule has 1 aliphatic rings. The molecule has 0 bridgehead atoms. The van der Waals surface area contributed by atoms with Crippen LogP contribution in [0.15, 0.2) is 12.1 Å². The average molecular weight is 316 g/mol. The van der Waals surface area contributed by atoms with Gasteiger partial charge in [-0.2, -0.15) is 0 Å². The number of anilines is 2. The van der Waals surface area contributed by atoms with E-state index < -0.39 is 0 Å². The lowest BCUT2D eigenvalue weighted by molar-refractivity contribution is -0.124. The first-order chi connectivity index (χ1) is 9.47. The van der Waals surface area contributed by atoms with Crippen molar-refractivity contribution in [1.29, 1.82) is 0 Å². The highest BCUT2D eigenvalue weighted by Crippen LogP contribution is 2.38. The maximum absolute atomic E-state index is 12.4. The molecule has 1 unspecified atom stereocenters. The second-order valence-electron chi connectivity index (χ2n) is 4.49. The predicted molar refractivity (Wildman–Crippen MR) is 80.6 cm³/mol. The first-order valence-corrected chi connectivity index (χ1v) is 7.01. The van der Waals surface area contributed by atoms with Crippen molar-refractivity contribution in [1.82, 2.24) is 5.32 Å². The van der Waals surface area contributed by atoms with E-state index in [0.717, 1.165) is 0 Å². The highest BCUT2D eigenvalue weighted by atomic mass is 35.5. The number of halogens is 2. The van der Waals surface area contributed by atoms with Gasteiger partial charge in [0, 0.05) is 7.05 Å². The molecule has 1 aromatic rings. The van der Waals surface area contributed by atoms with Crippen LogP contribution >= 0.6 is 23.2 Å². The number of hydrogen-bond acceptors (Lipinski definition) is 3. The Bertz CT molecular complexity index is 563. The van der Waals surface area contributed by atoms with E-state index in [4.69, 9.17) is 23.2 Å². The van der Waals surface area contributed by atoms with Gasteiger partial charge in [-0.25, -0.2) is 0 Å². The summed E-state index contributed by atoms with van der Waals surface area (Å²) in [6.45, 7) is 1.86. The van der Waals surface area contributed by atoms with Crippen LogP contribution in [0.25, 0.3) is 0 Å². The van der Waals surface area contributed by atoms with Gasteiger partial charge in [-0.15, -0.1) is 0 Å². The summed E-state index contributed by atoms with van der Waals surface area (Å²) >= 11 is 12.0. The van der Waals surface area contributed by atoms with E-state index in [1.165, 1.54) is 11.9 Å². The Morgan fingerprint density at radius 3 is 2.65 bits per heavy atom. The van der Waals surface area contributed by atoms with Crippen molar-refractivity contribution in [3.8, 4) is 0 Å². The van der Waals surface area contributed by atoms with E-state index in [2.05, 4.69) is 10.6 Å². The van der Waals surface area contributed by atoms with Crippen molar-refractivity contribution >= 4 is 46.4 Å². The van der Waals surface area contributed by atoms with E-state index in [-0.39, 0.29) is 24.4 Å². The molecule has 7 heteroatoms. The summed E-state index contributed by atoms with van der Waals surface area (Å²) in [5.41, 5.74) is 1.27. The molecular weight excluding hydrogens is 301 g/mol. The van der Waals surface area contributed by atoms with Crippen LogP contribution in [0.4, 0.5) is 11.4 Å². The van der Waals surface area contributed by atoms with Crippen LogP contribution in [0.3, 0.4) is 0 Å². The van der Waals surface area contributed by atoms with Gasteiger partial charge < -0.3 is 10.6 Å². The lowest BCUT2D eigenvalue weighted by atomic mass is 10.1. The highest BCUT2D eigenvalue weighted by Gasteiger charge is 2.33. The Kier molecular flexibility index (Phi) is 4.40. The number of nitrogens with one attached hydrogen (secondary N) is 2. The molecule has 0 saturated carbocycles. The zero-order valence-corrected chi connectivity index (χ0v) is 12.7. The van der Waals surface area contributed by atoms with Gasteiger partial charge in [-0.1, -0.05) is 30.1 Å². The molecular formula is C13H15Cl2N3O2. The fraction of sp³-hybridized carbons (Fsp3) is 0.385. The van der Waals surface area contributed by atoms with Gasteiger partial charge in [-0.3, -0.25) is 14.5 Å². The quantitative estimate of drug-likeness (QED) is 0.899. The molecule has 1 heterocycles. The Morgan fingerprint density at radius 1 is 1.40 bits per heavy atom. The van der Waals surface area contributed by atoms with Crippen molar-refractivity contribution in [2.45, 2.75) is 19.4 Å². The Hall–Kier alpha value is -1.46. The molecule has 0 saturated heterocycles. The summed E-state index contributed by atoms with van der Waals surface area (Å²) in [5.74, 6) is -0.394. The Morgan fingerprint density at radius 2 is 2.05 bits per heavy atom. The number of rotatable bonds is 3. The zero-order valence-electron chi connectivity index (χ0n) is 11.2. The minimum atomic E-state index is -0.371. The van der Waals surface area contributed by atoms with Crippen molar-refractivity contribution in [2.24, 2.45) is 0 Å². The Labute approximate surface area is 127 Å². The van der Waals surface area contributed by atoms with Gasteiger partial charge in [0.1, 0.15) is 12.6 Å². The molecule has 1 aromatic carbocycles. The molecule has 5 nitrogen and oxygen atoms in total. The van der Waals surface area contributed by atoms with Gasteiger partial charge in [-0.05, 0) is 18.6 Å². The summed E-state index contributed by atoms with van der Waals surface area (Å²) in [5, 5.41) is 6.38. The maximum atomic E-state index is 12.4. The molecule has 0 spiro atoms. The van der Waals surface area contributed by atoms with E-state index in [1.807, 2.05) is 6.92 Å². The molecule has 1 atom stereocenters. The predicted octanol–water partition coefficient (Wildman–Crippen LogP) is 2.28. The van der Waals surface area contributed by atoms with Gasteiger partial charge in [0.25, 0.3) is 0 Å². The van der Waals surface area contributed by atoms with Gasteiger partial charge in [0.05, 0.1) is 21.4 Å². The van der Waals surface area contributed by atoms with Crippen LogP contribution < -0.4 is 15.5 Å². The molecule has 2 N–H and O–H groups in total. The van der Waals surface area contributed by atoms with Crippen molar-refractivity contribution in [3.05, 3.63) is 22.2 Å². The van der Waals surface area contributed by atoms with E-state index in [1.54, 1.807) is 12.1 Å². The average Bonchev–Trinajstić information content (AvgIpc) is 2.43. The third-order valence-corrected chi connectivity index (χ3v) is 3.93. The third-order valence-electron chi connectivity index (χ3n) is 3.21. The fourth-order valence-corrected chi connectivity index (χ4v) is 2.42. The smallest absolute Gasteiger partial charge is 0.250 e. The van der Waals surface area contributed by atoms with Gasteiger partial charge in [0.2, 0.25) is 11.8 Å². The van der Waals surface area contributed by atoms with Crippen LogP contribution in [0.1, 0.15) is 13.3 Å². The molecule has 0 fully saturated rings. The lowest BCUT2D eigenvalue weighted by Gasteiger charge is -2.34. The molecule has 0 radical (unpaired) electrons. The second-order valence-corrected chi connectivity index (χ2v) is 5.30. The van der Waals surface area contributed by atoms with Gasteiger partial charge >= 0.3 is 0 Å². The molecule has 2 amide bonds. The standard InChI is InChI=1S/C13H15Cl2N3O2/c1-3-9-13(20)18(6-12(19)16-2)11-5-8(15)7(14)4-10(11)17-9/h4-5,9,17H,3,6H2,1-2H3,(H,16,19). The number of nitrogens with zero attached hydrogens (tertiary/aromatic N) is 1. The zero-order chi connectivity index (χ0) is 14.9. The number of amides is 2. The molecule has 108 valence electrons. The molecule has 1 aliphatic heterocycles. The minimum Gasteiger partial charge on any atom is -0.372 e. The lowest BCUT2D eigenvalue weighted by Crippen LogP contribution is -2.50. The van der Waals surface area contributed by atoms with E-state index >= 15 is 0 Å². The molecule has 2 rings (SSSR count). The minimum absolute atomic E-state index is 0.0432. The first-order valence-electron chi connectivity index (χ1n) is 6.25. The van der Waals surface area contributed by atoms with Crippen LogP contribution in [0.2, 0.25) is 10.0 Å². The summed E-state index contributed by atoms with van der Waals surface area (Å²) in [4.78, 5) is 25.4. The summed E-state index contributed by atoms with van der Waals surface area (Å²) in [7, 11) is 1.53. The van der Waals surface area contributed by atoms with Crippen LogP contribution in [-0.4, -0.2) is 31.4 Å². The normalized spacial score (nSPS) is 17.5. The first kappa shape index (κ1) is 14.9. The number of fused-ring (bicyclic) bond motifs is 1. The summed E-state index contributed by atoms with van der Waals surface area (Å²) in [6.07, 6.45) is 0.614. The van der Waals surface area contributed by atoms with Crippen LogP contribution in [0, 0.1) is 0 Å². The molecule has 0 aliphatic carbocycles. The van der Waals surface area contributed by atoms with Crippen molar-refractivity contribution in [3.63, 3.8) is 0 Å². The monoisotopic (exact) mass is 315 g/mol. The largest absolute Gasteiger partial charge is 0.372 e. The summed E-state index contributed by atoms with van der Waals surface area (Å²) < 4.78 is 0. The van der Waals surface area contributed by atoms with Crippen LogP contribution in [0.5, 0.6) is 0 Å². The number of hydrogen-bond donors (Lipinski definition) is 2. The second kappa shape index (κ2) is 5.89. The highest BCUT2D eigenvalue weighted by molar-refractivity contribution is 6.42. The number of benzene rings is 1. The van der Waals surface area contributed by atoms with Crippen molar-refractivity contribution in [2.75, 3.05) is 23.8 Å². The molecule has 20 heavy (non-hydrogen) atoms. The maximum Gasteiger partial charge on any atom is 0.250 e. The fourth-order valence-electron chi connectivity index (χ4n) is 2.09. The van der Waals surface area contributed by atoms with E-state index in [0.29, 0.717) is 27.8 Å². The summed E-state index contributed by atoms with van der Waals surface area (Å²) in [6, 6.07) is 2.90. The number of carbonyl (C=O) groups is 2. The van der Waals surface area contributed by atoms with Crippen molar-refractivity contribution < 1.29 is 9.59 Å². The topological polar surface area (TPSA) is 61.4 Å².